The summed E-state index contributed by atoms with van der Waals surface area (Å²) in [5, 5.41) is 0. The summed E-state index contributed by atoms with van der Waals surface area (Å²) < 4.78 is 21.8. The van der Waals surface area contributed by atoms with E-state index in [9.17, 15) is 8.42 Å². The number of benzene rings is 1. The summed E-state index contributed by atoms with van der Waals surface area (Å²) in [7, 11) is 1.76. The summed E-state index contributed by atoms with van der Waals surface area (Å²) in [6.07, 6.45) is 0. The molecule has 0 heterocycles. The van der Waals surface area contributed by atoms with E-state index in [4.69, 9.17) is 45.5 Å². The summed E-state index contributed by atoms with van der Waals surface area (Å²) in [5.74, 6) is 0.203. The Morgan fingerprint density at radius 1 is 1.31 bits per heavy atom. The molecule has 90 valence electrons. The van der Waals surface area contributed by atoms with Crippen LogP contribution in [0, 0.1) is 0 Å². The molecule has 2 nitrogen and oxygen atoms in total. The maximum absolute atomic E-state index is 11.9. The van der Waals surface area contributed by atoms with Crippen molar-refractivity contribution in [3.63, 3.8) is 0 Å². The topological polar surface area (TPSA) is 34.1 Å². The Bertz CT molecular complexity index is 473. The summed E-state index contributed by atoms with van der Waals surface area (Å²) in [6.45, 7) is 0. The van der Waals surface area contributed by atoms with Crippen LogP contribution < -0.4 is 0 Å². The van der Waals surface area contributed by atoms with Gasteiger partial charge in [-0.15, -0.1) is 11.6 Å². The van der Waals surface area contributed by atoms with E-state index >= 15 is 0 Å². The summed E-state index contributed by atoms with van der Waals surface area (Å²) in [4.78, 5) is -0.0104. The molecule has 0 saturated heterocycles. The van der Waals surface area contributed by atoms with Gasteiger partial charge in [0.2, 0.25) is 9.84 Å². The molecular formula is C8H6Cl4O2S2. The summed E-state index contributed by atoms with van der Waals surface area (Å²) >= 11 is 16.8. The lowest BCUT2D eigenvalue weighted by Gasteiger charge is -2.16. The van der Waals surface area contributed by atoms with E-state index in [2.05, 4.69) is 0 Å². The molecule has 16 heavy (non-hydrogen) atoms. The third-order valence-electron chi connectivity index (χ3n) is 1.77. The van der Waals surface area contributed by atoms with Crippen LogP contribution in [0.4, 0.5) is 0 Å². The van der Waals surface area contributed by atoms with Crippen LogP contribution in [0.5, 0.6) is 0 Å². The Morgan fingerprint density at radius 3 is 2.44 bits per heavy atom. The molecule has 0 N–H and O–H groups in total. The highest BCUT2D eigenvalue weighted by Gasteiger charge is 2.42. The highest BCUT2D eigenvalue weighted by atomic mass is 35.7. The van der Waals surface area contributed by atoms with Crippen LogP contribution in [0.15, 0.2) is 29.2 Å². The molecule has 0 spiro atoms. The van der Waals surface area contributed by atoms with Gasteiger partial charge in [0, 0.05) is 16.9 Å². The Morgan fingerprint density at radius 2 is 1.94 bits per heavy atom. The number of rotatable bonds is 4. The monoisotopic (exact) mass is 338 g/mol. The fourth-order valence-electron chi connectivity index (χ4n) is 0.974. The molecule has 1 rings (SSSR count). The Hall–Kier alpha value is 0.680. The predicted octanol–water partition coefficient (Wildman–Crippen LogP) is 4.18. The van der Waals surface area contributed by atoms with Crippen molar-refractivity contribution in [2.45, 2.75) is 13.8 Å². The van der Waals surface area contributed by atoms with Gasteiger partial charge in [0.15, 0.2) is 0 Å². The molecule has 0 atom stereocenters. The van der Waals surface area contributed by atoms with E-state index in [-0.39, 0.29) is 10.8 Å². The van der Waals surface area contributed by atoms with Crippen molar-refractivity contribution in [1.29, 1.82) is 0 Å². The van der Waals surface area contributed by atoms with E-state index < -0.39 is 12.8 Å². The van der Waals surface area contributed by atoms with Gasteiger partial charge < -0.3 is 0 Å². The van der Waals surface area contributed by atoms with Crippen molar-refractivity contribution in [1.82, 2.24) is 0 Å². The highest BCUT2D eigenvalue weighted by Crippen LogP contribution is 2.45. The lowest BCUT2D eigenvalue weighted by Crippen LogP contribution is -2.21. The molecule has 0 fully saturated rings. The van der Waals surface area contributed by atoms with Gasteiger partial charge >= 0.3 is 0 Å². The molecule has 1 aromatic rings. The first-order valence-corrected chi connectivity index (χ1v) is 8.34. The average Bonchev–Trinajstić information content (AvgIpc) is 2.28. The Balaban J connectivity index is 3.28. The van der Waals surface area contributed by atoms with Gasteiger partial charge in [-0.3, -0.25) is 0 Å². The van der Waals surface area contributed by atoms with E-state index in [1.54, 1.807) is 12.1 Å². The van der Waals surface area contributed by atoms with E-state index in [1.807, 2.05) is 0 Å². The van der Waals surface area contributed by atoms with Crippen LogP contribution in [0.3, 0.4) is 0 Å². The van der Waals surface area contributed by atoms with Gasteiger partial charge in [-0.25, -0.2) is 8.42 Å². The van der Waals surface area contributed by atoms with Crippen molar-refractivity contribution in [3.8, 4) is 0 Å². The minimum Gasteiger partial charge on any atom is -0.220 e. The van der Waals surface area contributed by atoms with Gasteiger partial charge in [0.25, 0.3) is 3.00 Å². The standard InChI is InChI=1S/C8H6Cl4O2S2/c9-5-6-2-1-3-7(4-6)16(13,14)8(10,11)15-12/h1-4H,5H2. The molecule has 0 radical (unpaired) electrons. The summed E-state index contributed by atoms with van der Waals surface area (Å²) in [6, 6.07) is 6.06. The molecule has 0 aliphatic rings. The molecule has 0 aliphatic carbocycles. The van der Waals surface area contributed by atoms with Crippen LogP contribution in [0.1, 0.15) is 5.56 Å². The second kappa shape index (κ2) is 5.55. The largest absolute Gasteiger partial charge is 0.282 e. The average molecular weight is 340 g/mol. The van der Waals surface area contributed by atoms with Crippen LogP contribution >= 0.6 is 56.5 Å². The highest BCUT2D eigenvalue weighted by molar-refractivity contribution is 8.31. The van der Waals surface area contributed by atoms with Crippen molar-refractivity contribution in [3.05, 3.63) is 29.8 Å². The molecule has 1 aromatic carbocycles. The predicted molar refractivity (Wildman–Crippen MR) is 71.1 cm³/mol. The van der Waals surface area contributed by atoms with Crippen molar-refractivity contribution in [2.75, 3.05) is 0 Å². The first kappa shape index (κ1) is 14.7. The lowest BCUT2D eigenvalue weighted by atomic mass is 10.2. The van der Waals surface area contributed by atoms with Crippen LogP contribution in [0.2, 0.25) is 0 Å². The van der Waals surface area contributed by atoms with Gasteiger partial charge in [-0.2, -0.15) is 0 Å². The zero-order valence-corrected chi connectivity index (χ0v) is 12.3. The normalized spacial score (nSPS) is 12.8. The minimum atomic E-state index is -3.92. The van der Waals surface area contributed by atoms with E-state index in [0.29, 0.717) is 16.5 Å². The van der Waals surface area contributed by atoms with Crippen molar-refractivity contribution >= 4 is 66.3 Å². The minimum absolute atomic E-state index is 0.0104. The maximum Gasteiger partial charge on any atom is 0.282 e. The van der Waals surface area contributed by atoms with Crippen LogP contribution in [0.25, 0.3) is 0 Å². The van der Waals surface area contributed by atoms with Gasteiger partial charge in [0.1, 0.15) is 0 Å². The molecule has 8 heteroatoms. The zero-order chi connectivity index (χ0) is 12.4. The SMILES string of the molecule is O=S(=O)(c1cccc(CCl)c1)C(Cl)(Cl)SCl. The third-order valence-corrected chi connectivity index (χ3v) is 7.79. The first-order chi connectivity index (χ1) is 7.35. The zero-order valence-electron chi connectivity index (χ0n) is 7.66. The molecule has 0 unspecified atom stereocenters. The molecular weight excluding hydrogens is 334 g/mol. The number of sulfone groups is 1. The number of hydrogen-bond donors (Lipinski definition) is 0. The third kappa shape index (κ3) is 2.92. The smallest absolute Gasteiger partial charge is 0.220 e. The van der Waals surface area contributed by atoms with Crippen molar-refractivity contribution in [2.24, 2.45) is 0 Å². The number of halogens is 4. The van der Waals surface area contributed by atoms with Gasteiger partial charge in [0.05, 0.1) is 4.90 Å². The van der Waals surface area contributed by atoms with Gasteiger partial charge in [-0.05, 0) is 28.4 Å². The van der Waals surface area contributed by atoms with E-state index in [1.165, 1.54) is 12.1 Å². The Labute approximate surface area is 118 Å². The molecule has 0 aromatic heterocycles. The fraction of sp³-hybridized carbons (Fsp3) is 0.250. The molecule has 0 aliphatic heterocycles. The molecule has 0 bridgehead atoms. The van der Waals surface area contributed by atoms with Crippen LogP contribution in [-0.4, -0.2) is 11.4 Å². The number of alkyl halides is 3. The van der Waals surface area contributed by atoms with Crippen molar-refractivity contribution < 1.29 is 8.42 Å². The first-order valence-electron chi connectivity index (χ1n) is 3.92. The molecule has 0 saturated carbocycles. The second-order valence-electron chi connectivity index (χ2n) is 2.82. The second-order valence-corrected chi connectivity index (χ2v) is 8.89. The fourth-order valence-corrected chi connectivity index (χ4v) is 3.88. The lowest BCUT2D eigenvalue weighted by molar-refractivity contribution is 0.597. The Kier molecular flexibility index (Phi) is 5.11. The summed E-state index contributed by atoms with van der Waals surface area (Å²) in [5.41, 5.74) is 0.659. The maximum atomic E-state index is 11.9. The quantitative estimate of drug-likeness (QED) is 0.772. The van der Waals surface area contributed by atoms with Crippen LogP contribution in [-0.2, 0) is 15.7 Å². The molecule has 0 amide bonds. The van der Waals surface area contributed by atoms with Gasteiger partial charge in [-0.1, -0.05) is 35.3 Å². The number of hydrogen-bond acceptors (Lipinski definition) is 3. The van der Waals surface area contributed by atoms with E-state index in [0.717, 1.165) is 0 Å².